The Labute approximate surface area is 153 Å². The fourth-order valence-electron chi connectivity index (χ4n) is 2.37. The van der Waals surface area contributed by atoms with E-state index in [1.807, 2.05) is 18.2 Å². The van der Waals surface area contributed by atoms with E-state index in [2.05, 4.69) is 15.6 Å². The molecule has 2 N–H and O–H groups in total. The number of nitrogens with one attached hydrogen (secondary N) is 2. The Hall–Kier alpha value is -3.13. The molecule has 0 aliphatic carbocycles. The molecular weight excluding hydrogens is 352 g/mol. The van der Waals surface area contributed by atoms with Crippen molar-refractivity contribution in [2.24, 2.45) is 0 Å². The quantitative estimate of drug-likeness (QED) is 0.542. The number of benzene rings is 2. The second-order valence-electron chi connectivity index (χ2n) is 5.30. The highest BCUT2D eigenvalue weighted by Crippen LogP contribution is 2.21. The first-order valence-corrected chi connectivity index (χ1v) is 8.80. The van der Waals surface area contributed by atoms with E-state index in [9.17, 15) is 14.4 Å². The first-order valence-electron chi connectivity index (χ1n) is 7.81. The molecule has 26 heavy (non-hydrogen) atoms. The maximum absolute atomic E-state index is 13.0. The number of hydrogen-bond donors (Lipinski definition) is 2. The lowest BCUT2D eigenvalue weighted by Crippen LogP contribution is -2.38. The van der Waals surface area contributed by atoms with Gasteiger partial charge in [0.2, 0.25) is 5.91 Å². The van der Waals surface area contributed by atoms with Gasteiger partial charge in [-0.05, 0) is 24.3 Å². The molecule has 0 aliphatic heterocycles. The summed E-state index contributed by atoms with van der Waals surface area (Å²) in [6, 6.07) is 15.6. The largest absolute Gasteiger partial charge is 0.341 e. The van der Waals surface area contributed by atoms with Crippen LogP contribution in [0.2, 0.25) is 0 Å². The third-order valence-electron chi connectivity index (χ3n) is 3.57. The van der Waals surface area contributed by atoms with E-state index >= 15 is 0 Å². The first kappa shape index (κ1) is 17.7. The maximum atomic E-state index is 13.0. The Morgan fingerprint density at radius 2 is 1.77 bits per heavy atom. The number of imide groups is 1. The van der Waals surface area contributed by atoms with Gasteiger partial charge in [0.1, 0.15) is 0 Å². The molecule has 0 bridgehead atoms. The van der Waals surface area contributed by atoms with Crippen molar-refractivity contribution < 1.29 is 9.59 Å². The minimum atomic E-state index is -0.581. The van der Waals surface area contributed by atoms with Gasteiger partial charge in [-0.2, -0.15) is 0 Å². The van der Waals surface area contributed by atoms with Gasteiger partial charge >= 0.3 is 6.03 Å². The van der Waals surface area contributed by atoms with Crippen LogP contribution in [0.4, 0.5) is 4.79 Å². The molecule has 0 saturated heterocycles. The Balaban J connectivity index is 2.02. The summed E-state index contributed by atoms with van der Waals surface area (Å²) < 4.78 is 1.47. The van der Waals surface area contributed by atoms with E-state index < -0.39 is 11.9 Å². The molecule has 1 aromatic heterocycles. The zero-order valence-corrected chi connectivity index (χ0v) is 14.7. The molecule has 0 atom stereocenters. The molecule has 132 valence electrons. The van der Waals surface area contributed by atoms with Crippen LogP contribution in [-0.2, 0) is 4.79 Å². The molecule has 0 spiro atoms. The van der Waals surface area contributed by atoms with Crippen molar-refractivity contribution in [3.8, 4) is 5.69 Å². The predicted molar refractivity (Wildman–Crippen MR) is 101 cm³/mol. The molecule has 0 saturated carbocycles. The molecule has 8 heteroatoms. The standard InChI is InChI=1S/C18H16N4O3S/c1-19-17(25)21-15(23)11-26-18-20-14-10-6-5-9-13(14)16(24)22(18)12-7-3-2-4-8-12/h2-10H,11H2,1H3,(H2,19,21,23,25). The summed E-state index contributed by atoms with van der Waals surface area (Å²) in [5.74, 6) is -0.526. The van der Waals surface area contributed by atoms with E-state index in [0.29, 0.717) is 21.7 Å². The Kier molecular flexibility index (Phi) is 5.33. The van der Waals surface area contributed by atoms with Gasteiger partial charge in [0, 0.05) is 7.05 Å². The number of thioether (sulfide) groups is 1. The summed E-state index contributed by atoms with van der Waals surface area (Å²) >= 11 is 1.09. The molecule has 3 amide bonds. The fourth-order valence-corrected chi connectivity index (χ4v) is 3.18. The van der Waals surface area contributed by atoms with Gasteiger partial charge in [-0.15, -0.1) is 0 Å². The van der Waals surface area contributed by atoms with E-state index in [1.54, 1.807) is 36.4 Å². The average Bonchev–Trinajstić information content (AvgIpc) is 2.67. The van der Waals surface area contributed by atoms with E-state index in [-0.39, 0.29) is 11.3 Å². The monoisotopic (exact) mass is 368 g/mol. The second-order valence-corrected chi connectivity index (χ2v) is 6.25. The third-order valence-corrected chi connectivity index (χ3v) is 4.51. The SMILES string of the molecule is CNC(=O)NC(=O)CSc1nc2ccccc2c(=O)n1-c1ccccc1. The van der Waals surface area contributed by atoms with Crippen molar-refractivity contribution in [2.75, 3.05) is 12.8 Å². The van der Waals surface area contributed by atoms with Gasteiger partial charge in [-0.25, -0.2) is 9.78 Å². The van der Waals surface area contributed by atoms with Gasteiger partial charge in [0.05, 0.1) is 22.3 Å². The Morgan fingerprint density at radius 3 is 2.50 bits per heavy atom. The molecular formula is C18H16N4O3S. The lowest BCUT2D eigenvalue weighted by Gasteiger charge is -2.13. The summed E-state index contributed by atoms with van der Waals surface area (Å²) in [6.45, 7) is 0. The number of para-hydroxylation sites is 2. The van der Waals surface area contributed by atoms with Crippen molar-refractivity contribution >= 4 is 34.6 Å². The van der Waals surface area contributed by atoms with Crippen LogP contribution < -0.4 is 16.2 Å². The number of carbonyl (C=O) groups is 2. The average molecular weight is 368 g/mol. The molecule has 0 radical (unpaired) electrons. The van der Waals surface area contributed by atoms with Crippen LogP contribution in [0.1, 0.15) is 0 Å². The van der Waals surface area contributed by atoms with Crippen LogP contribution >= 0.6 is 11.8 Å². The van der Waals surface area contributed by atoms with E-state index in [0.717, 1.165) is 11.8 Å². The first-order chi connectivity index (χ1) is 12.6. The molecule has 2 aromatic carbocycles. The maximum Gasteiger partial charge on any atom is 0.321 e. The Bertz CT molecular complexity index is 1020. The molecule has 0 aliphatic rings. The van der Waals surface area contributed by atoms with Crippen LogP contribution in [0.15, 0.2) is 64.5 Å². The lowest BCUT2D eigenvalue weighted by atomic mass is 10.2. The van der Waals surface area contributed by atoms with E-state index in [1.165, 1.54) is 11.6 Å². The zero-order valence-electron chi connectivity index (χ0n) is 13.9. The highest BCUT2D eigenvalue weighted by atomic mass is 32.2. The number of nitrogens with zero attached hydrogens (tertiary/aromatic N) is 2. The van der Waals surface area contributed by atoms with Gasteiger partial charge in [0.25, 0.3) is 5.56 Å². The van der Waals surface area contributed by atoms with E-state index in [4.69, 9.17) is 0 Å². The molecule has 7 nitrogen and oxygen atoms in total. The van der Waals surface area contributed by atoms with Crippen molar-refractivity contribution in [2.45, 2.75) is 5.16 Å². The number of amides is 3. The number of fused-ring (bicyclic) bond motifs is 1. The smallest absolute Gasteiger partial charge is 0.321 e. The highest BCUT2D eigenvalue weighted by molar-refractivity contribution is 7.99. The van der Waals surface area contributed by atoms with Gasteiger partial charge in [0.15, 0.2) is 5.16 Å². The van der Waals surface area contributed by atoms with Crippen LogP contribution in [0, 0.1) is 0 Å². The van der Waals surface area contributed by atoms with Crippen LogP contribution in [-0.4, -0.2) is 34.3 Å². The lowest BCUT2D eigenvalue weighted by molar-refractivity contribution is -0.117. The number of aromatic nitrogens is 2. The molecule has 0 fully saturated rings. The van der Waals surface area contributed by atoms with Crippen molar-refractivity contribution in [1.29, 1.82) is 0 Å². The number of rotatable bonds is 4. The predicted octanol–water partition coefficient (Wildman–Crippen LogP) is 1.93. The third kappa shape index (κ3) is 3.75. The van der Waals surface area contributed by atoms with Crippen molar-refractivity contribution in [3.63, 3.8) is 0 Å². The minimum Gasteiger partial charge on any atom is -0.341 e. The van der Waals surface area contributed by atoms with Gasteiger partial charge < -0.3 is 5.32 Å². The summed E-state index contributed by atoms with van der Waals surface area (Å²) in [4.78, 5) is 40.6. The topological polar surface area (TPSA) is 93.1 Å². The van der Waals surface area contributed by atoms with Crippen LogP contribution in [0.5, 0.6) is 0 Å². The second kappa shape index (κ2) is 7.83. The molecule has 3 rings (SSSR count). The highest BCUT2D eigenvalue weighted by Gasteiger charge is 2.15. The number of carbonyl (C=O) groups excluding carboxylic acids is 2. The molecule has 0 unspecified atom stereocenters. The normalized spacial score (nSPS) is 10.5. The van der Waals surface area contributed by atoms with Crippen LogP contribution in [0.3, 0.4) is 0 Å². The summed E-state index contributed by atoms with van der Waals surface area (Å²) in [5.41, 5.74) is 1.000. The van der Waals surface area contributed by atoms with Crippen LogP contribution in [0.25, 0.3) is 16.6 Å². The van der Waals surface area contributed by atoms with Crippen molar-refractivity contribution in [1.82, 2.24) is 20.2 Å². The van der Waals surface area contributed by atoms with Gasteiger partial charge in [-0.3, -0.25) is 19.5 Å². The van der Waals surface area contributed by atoms with Crippen molar-refractivity contribution in [3.05, 3.63) is 65.0 Å². The molecule has 3 aromatic rings. The number of hydrogen-bond acceptors (Lipinski definition) is 5. The Morgan fingerprint density at radius 1 is 1.08 bits per heavy atom. The summed E-state index contributed by atoms with van der Waals surface area (Å²) in [7, 11) is 1.42. The summed E-state index contributed by atoms with van der Waals surface area (Å²) in [6.07, 6.45) is 0. The summed E-state index contributed by atoms with van der Waals surface area (Å²) in [5, 5.41) is 5.38. The zero-order chi connectivity index (χ0) is 18.5. The fraction of sp³-hybridized carbons (Fsp3) is 0.111. The van der Waals surface area contributed by atoms with Gasteiger partial charge in [-0.1, -0.05) is 42.1 Å². The number of urea groups is 1. The minimum absolute atomic E-state index is 0.0506. The molecule has 1 heterocycles.